The molecule has 0 atom stereocenters. The smallest absolute Gasteiger partial charge is 0.433 e. The maximum absolute atomic E-state index is 13.6. The zero-order chi connectivity index (χ0) is 23.4. The summed E-state index contributed by atoms with van der Waals surface area (Å²) in [6, 6.07) is 4.53. The highest BCUT2D eigenvalue weighted by molar-refractivity contribution is 5.93. The Morgan fingerprint density at radius 2 is 1.75 bits per heavy atom. The van der Waals surface area contributed by atoms with Crippen LogP contribution in [0.5, 0.6) is 0 Å². The van der Waals surface area contributed by atoms with Gasteiger partial charge in [-0.15, -0.1) is 0 Å². The fourth-order valence-corrected chi connectivity index (χ4v) is 4.11. The number of carbonyl (C=O) groups is 1. The predicted molar refractivity (Wildman–Crippen MR) is 113 cm³/mol. The van der Waals surface area contributed by atoms with Gasteiger partial charge in [-0.3, -0.25) is 4.79 Å². The molecule has 1 aliphatic rings. The highest BCUT2D eigenvalue weighted by Gasteiger charge is 2.37. The van der Waals surface area contributed by atoms with Crippen molar-refractivity contribution in [2.75, 3.05) is 13.1 Å². The first-order valence-corrected chi connectivity index (χ1v) is 10.7. The van der Waals surface area contributed by atoms with Gasteiger partial charge in [-0.2, -0.15) is 18.3 Å². The van der Waals surface area contributed by atoms with Crippen molar-refractivity contribution in [1.82, 2.24) is 19.5 Å². The SMILES string of the molecule is Cc1cc2nc(C3CCN(C(=O)c4oc(C(C)(C)C)cc4C)CC3)cc(C(F)(F)F)n2n1. The normalized spacial score (nSPS) is 16.2. The minimum atomic E-state index is -4.54. The number of hydrogen-bond donors (Lipinski definition) is 0. The summed E-state index contributed by atoms with van der Waals surface area (Å²) in [5.41, 5.74) is 0.810. The molecule has 0 radical (unpaired) electrons. The molecule has 0 bridgehead atoms. The Kier molecular flexibility index (Phi) is 5.33. The number of aromatic nitrogens is 3. The fourth-order valence-electron chi connectivity index (χ4n) is 4.11. The quantitative estimate of drug-likeness (QED) is 0.535. The largest absolute Gasteiger partial charge is 0.455 e. The molecule has 3 aromatic heterocycles. The molecule has 1 fully saturated rings. The van der Waals surface area contributed by atoms with Crippen molar-refractivity contribution in [2.24, 2.45) is 0 Å². The number of fused-ring (bicyclic) bond motifs is 1. The van der Waals surface area contributed by atoms with Crippen LogP contribution in [0.1, 0.15) is 78.5 Å². The summed E-state index contributed by atoms with van der Waals surface area (Å²) in [6.45, 7) is 10.4. The first-order chi connectivity index (χ1) is 14.8. The van der Waals surface area contributed by atoms with Gasteiger partial charge in [0, 0.05) is 41.7 Å². The Hall–Kier alpha value is -2.84. The Morgan fingerprint density at radius 3 is 2.31 bits per heavy atom. The highest BCUT2D eigenvalue weighted by atomic mass is 19.4. The van der Waals surface area contributed by atoms with Crippen LogP contribution in [0.4, 0.5) is 13.2 Å². The van der Waals surface area contributed by atoms with Crippen LogP contribution in [0, 0.1) is 13.8 Å². The molecule has 0 aliphatic carbocycles. The third kappa shape index (κ3) is 4.12. The summed E-state index contributed by atoms with van der Waals surface area (Å²) >= 11 is 0. The van der Waals surface area contributed by atoms with E-state index < -0.39 is 11.9 Å². The predicted octanol–water partition coefficient (Wildman–Crippen LogP) is 5.28. The van der Waals surface area contributed by atoms with Crippen molar-refractivity contribution in [3.05, 3.63) is 52.4 Å². The number of halogens is 3. The van der Waals surface area contributed by atoms with Crippen LogP contribution in [-0.2, 0) is 11.6 Å². The molecule has 0 N–H and O–H groups in total. The van der Waals surface area contributed by atoms with E-state index in [2.05, 4.69) is 10.1 Å². The molecule has 32 heavy (non-hydrogen) atoms. The van der Waals surface area contributed by atoms with Gasteiger partial charge < -0.3 is 9.32 Å². The molecule has 6 nitrogen and oxygen atoms in total. The lowest BCUT2D eigenvalue weighted by Crippen LogP contribution is -2.38. The lowest BCUT2D eigenvalue weighted by molar-refractivity contribution is -0.142. The van der Waals surface area contributed by atoms with Crippen LogP contribution in [0.15, 0.2) is 22.6 Å². The van der Waals surface area contributed by atoms with Crippen molar-refractivity contribution in [3.63, 3.8) is 0 Å². The van der Waals surface area contributed by atoms with E-state index in [1.165, 1.54) is 0 Å². The molecule has 1 aliphatic heterocycles. The number of furan rings is 1. The second-order valence-electron chi connectivity index (χ2n) is 9.56. The minimum absolute atomic E-state index is 0.164. The van der Waals surface area contributed by atoms with Crippen molar-refractivity contribution < 1.29 is 22.4 Å². The minimum Gasteiger partial charge on any atom is -0.455 e. The van der Waals surface area contributed by atoms with E-state index >= 15 is 0 Å². The topological polar surface area (TPSA) is 63.6 Å². The van der Waals surface area contributed by atoms with E-state index in [4.69, 9.17) is 4.42 Å². The molecule has 1 saturated heterocycles. The van der Waals surface area contributed by atoms with Crippen LogP contribution in [-0.4, -0.2) is 38.5 Å². The molecule has 3 aromatic rings. The Morgan fingerprint density at radius 1 is 1.09 bits per heavy atom. The van der Waals surface area contributed by atoms with Crippen molar-refractivity contribution >= 4 is 11.6 Å². The number of amides is 1. The third-order valence-electron chi connectivity index (χ3n) is 5.91. The van der Waals surface area contributed by atoms with Gasteiger partial charge in [0.1, 0.15) is 11.5 Å². The zero-order valence-corrected chi connectivity index (χ0v) is 18.9. The maximum Gasteiger partial charge on any atom is 0.433 e. The van der Waals surface area contributed by atoms with Gasteiger partial charge >= 0.3 is 6.18 Å². The summed E-state index contributed by atoms with van der Waals surface area (Å²) in [6.07, 6.45) is -3.47. The van der Waals surface area contributed by atoms with Crippen molar-refractivity contribution in [2.45, 2.75) is 65.0 Å². The molecule has 9 heteroatoms. The molecular weight excluding hydrogens is 421 g/mol. The van der Waals surface area contributed by atoms with Gasteiger partial charge in [0.2, 0.25) is 0 Å². The van der Waals surface area contributed by atoms with E-state index in [0.717, 1.165) is 21.9 Å². The van der Waals surface area contributed by atoms with E-state index in [9.17, 15) is 18.0 Å². The standard InChI is InChI=1S/C23H27F3N4O2/c1-13-10-18(22(3,4)5)32-20(13)21(31)29-8-6-15(7-9-29)16-12-17(23(24,25)26)30-19(27-16)11-14(2)28-30/h10-12,15H,6-9H2,1-5H3. The first kappa shape index (κ1) is 22.4. The Labute approximate surface area is 184 Å². The number of piperidine rings is 1. The third-order valence-corrected chi connectivity index (χ3v) is 5.91. The van der Waals surface area contributed by atoms with Crippen LogP contribution in [0.25, 0.3) is 5.65 Å². The van der Waals surface area contributed by atoms with Gasteiger partial charge in [-0.05, 0) is 38.8 Å². The molecule has 0 spiro atoms. The number of alkyl halides is 3. The molecule has 0 saturated carbocycles. The van der Waals surface area contributed by atoms with Gasteiger partial charge in [-0.1, -0.05) is 20.8 Å². The van der Waals surface area contributed by atoms with Gasteiger partial charge in [-0.25, -0.2) is 9.50 Å². The summed E-state index contributed by atoms with van der Waals surface area (Å²) < 4.78 is 47.5. The van der Waals surface area contributed by atoms with Gasteiger partial charge in [0.05, 0.1) is 5.69 Å². The summed E-state index contributed by atoms with van der Waals surface area (Å²) in [5, 5.41) is 3.93. The average Bonchev–Trinajstić information content (AvgIpc) is 3.27. The molecule has 172 valence electrons. The number of aryl methyl sites for hydroxylation is 2. The first-order valence-electron chi connectivity index (χ1n) is 10.7. The molecule has 1 amide bonds. The highest BCUT2D eigenvalue weighted by Crippen LogP contribution is 2.35. The molecule has 4 heterocycles. The van der Waals surface area contributed by atoms with Crippen LogP contribution < -0.4 is 0 Å². The lowest BCUT2D eigenvalue weighted by Gasteiger charge is -2.31. The van der Waals surface area contributed by atoms with Gasteiger partial charge in [0.15, 0.2) is 11.4 Å². The van der Waals surface area contributed by atoms with E-state index in [-0.39, 0.29) is 22.9 Å². The van der Waals surface area contributed by atoms with E-state index in [1.54, 1.807) is 17.9 Å². The second-order valence-corrected chi connectivity index (χ2v) is 9.56. The Balaban J connectivity index is 1.54. The summed E-state index contributed by atoms with van der Waals surface area (Å²) in [7, 11) is 0. The Bertz CT molecular complexity index is 1160. The maximum atomic E-state index is 13.6. The van der Waals surface area contributed by atoms with Crippen molar-refractivity contribution in [1.29, 1.82) is 0 Å². The average molecular weight is 448 g/mol. The molecule has 0 unspecified atom stereocenters. The van der Waals surface area contributed by atoms with E-state index in [1.807, 2.05) is 33.8 Å². The number of nitrogens with zero attached hydrogens (tertiary/aromatic N) is 4. The summed E-state index contributed by atoms with van der Waals surface area (Å²) in [5.74, 6) is 0.744. The zero-order valence-electron chi connectivity index (χ0n) is 18.9. The number of carbonyl (C=O) groups excluding carboxylic acids is 1. The van der Waals surface area contributed by atoms with Crippen LogP contribution >= 0.6 is 0 Å². The molecular formula is C23H27F3N4O2. The van der Waals surface area contributed by atoms with E-state index in [0.29, 0.717) is 43.1 Å². The van der Waals surface area contributed by atoms with Gasteiger partial charge in [0.25, 0.3) is 5.91 Å². The fraction of sp³-hybridized carbons (Fsp3) is 0.522. The lowest BCUT2D eigenvalue weighted by atomic mass is 9.92. The number of rotatable bonds is 2. The van der Waals surface area contributed by atoms with Crippen LogP contribution in [0.2, 0.25) is 0 Å². The van der Waals surface area contributed by atoms with Crippen LogP contribution in [0.3, 0.4) is 0 Å². The monoisotopic (exact) mass is 448 g/mol. The summed E-state index contributed by atoms with van der Waals surface area (Å²) in [4.78, 5) is 19.2. The molecule has 4 rings (SSSR count). The number of hydrogen-bond acceptors (Lipinski definition) is 4. The van der Waals surface area contributed by atoms with Crippen molar-refractivity contribution in [3.8, 4) is 0 Å². The second kappa shape index (κ2) is 7.64. The number of likely N-dealkylation sites (tertiary alicyclic amines) is 1. The molecule has 0 aromatic carbocycles.